The van der Waals surface area contributed by atoms with Gasteiger partial charge in [0.25, 0.3) is 0 Å². The summed E-state index contributed by atoms with van der Waals surface area (Å²) in [6.45, 7) is 6.75. The predicted octanol–water partition coefficient (Wildman–Crippen LogP) is 5.89. The Balaban J connectivity index is 1.83. The number of halogens is 1. The van der Waals surface area contributed by atoms with Gasteiger partial charge in [-0.2, -0.15) is 0 Å². The van der Waals surface area contributed by atoms with Gasteiger partial charge in [-0.1, -0.05) is 31.5 Å². The molecule has 0 saturated carbocycles. The molecule has 0 atom stereocenters. The second-order valence-electron chi connectivity index (χ2n) is 9.97. The third-order valence-corrected chi connectivity index (χ3v) is 7.05. The number of aromatic nitrogens is 1. The molecule has 1 aliphatic heterocycles. The van der Waals surface area contributed by atoms with Crippen LogP contribution in [0.4, 0.5) is 5.69 Å². The SMILES string of the molecule is COc1cc(-c2ccc3ncc(C(=O)C(C)C)c(N4CCC(CN(C)C)CC4)c3c2)cc(Cl)c1O. The molecule has 6 nitrogen and oxygen atoms in total. The van der Waals surface area contributed by atoms with E-state index in [0.29, 0.717) is 17.2 Å². The lowest BCUT2D eigenvalue weighted by Crippen LogP contribution is -2.38. The van der Waals surface area contributed by atoms with E-state index in [0.717, 1.165) is 60.2 Å². The largest absolute Gasteiger partial charge is 0.503 e. The predicted molar refractivity (Wildman–Crippen MR) is 143 cm³/mol. The van der Waals surface area contributed by atoms with Crippen LogP contribution in [0.5, 0.6) is 11.5 Å². The highest BCUT2D eigenvalue weighted by atomic mass is 35.5. The number of carbonyl (C=O) groups is 1. The molecule has 1 aliphatic rings. The van der Waals surface area contributed by atoms with Gasteiger partial charge in [0.2, 0.25) is 0 Å². The second-order valence-corrected chi connectivity index (χ2v) is 10.4. The number of pyridine rings is 1. The van der Waals surface area contributed by atoms with E-state index in [9.17, 15) is 9.90 Å². The first-order valence-electron chi connectivity index (χ1n) is 12.1. The van der Waals surface area contributed by atoms with E-state index in [4.69, 9.17) is 16.3 Å². The Bertz CT molecular complexity index is 1230. The van der Waals surface area contributed by atoms with Crippen LogP contribution in [-0.2, 0) is 0 Å². The maximum atomic E-state index is 13.2. The molecule has 35 heavy (non-hydrogen) atoms. The van der Waals surface area contributed by atoms with Crippen LogP contribution in [-0.4, -0.2) is 61.6 Å². The molecule has 4 rings (SSSR count). The molecule has 3 aromatic rings. The van der Waals surface area contributed by atoms with Crippen molar-refractivity contribution >= 4 is 34.0 Å². The number of carbonyl (C=O) groups excluding carboxylic acids is 1. The first kappa shape index (κ1) is 25.3. The van der Waals surface area contributed by atoms with Gasteiger partial charge in [-0.3, -0.25) is 9.78 Å². The molecule has 2 aromatic carbocycles. The van der Waals surface area contributed by atoms with Gasteiger partial charge in [0, 0.05) is 37.1 Å². The molecular formula is C28H34ClN3O3. The van der Waals surface area contributed by atoms with Crippen LogP contribution >= 0.6 is 11.6 Å². The number of Topliss-reactive ketones (excluding diaryl/α,β-unsaturated/α-hetero) is 1. The lowest BCUT2D eigenvalue weighted by atomic mass is 9.92. The van der Waals surface area contributed by atoms with Crippen LogP contribution < -0.4 is 9.64 Å². The van der Waals surface area contributed by atoms with Crippen LogP contribution in [0.2, 0.25) is 5.02 Å². The van der Waals surface area contributed by atoms with E-state index >= 15 is 0 Å². The summed E-state index contributed by atoms with van der Waals surface area (Å²) in [5, 5.41) is 11.3. The monoisotopic (exact) mass is 495 g/mol. The van der Waals surface area contributed by atoms with Gasteiger partial charge < -0.3 is 19.6 Å². The summed E-state index contributed by atoms with van der Waals surface area (Å²) in [6.07, 6.45) is 3.91. The van der Waals surface area contributed by atoms with Gasteiger partial charge in [0.1, 0.15) is 0 Å². The molecule has 1 saturated heterocycles. The average Bonchev–Trinajstić information content (AvgIpc) is 2.84. The number of ketones is 1. The Morgan fingerprint density at radius 3 is 2.54 bits per heavy atom. The summed E-state index contributed by atoms with van der Waals surface area (Å²) >= 11 is 6.27. The third-order valence-electron chi connectivity index (χ3n) is 6.77. The number of anilines is 1. The summed E-state index contributed by atoms with van der Waals surface area (Å²) in [6, 6.07) is 9.52. The smallest absolute Gasteiger partial charge is 0.176 e. The molecule has 2 heterocycles. The second kappa shape index (κ2) is 10.4. The first-order chi connectivity index (χ1) is 16.7. The summed E-state index contributed by atoms with van der Waals surface area (Å²) < 4.78 is 5.31. The number of rotatable bonds is 7. The van der Waals surface area contributed by atoms with Gasteiger partial charge in [-0.15, -0.1) is 0 Å². The van der Waals surface area contributed by atoms with Crippen molar-refractivity contribution in [1.29, 1.82) is 0 Å². The van der Waals surface area contributed by atoms with Crippen LogP contribution in [0.3, 0.4) is 0 Å². The van der Waals surface area contributed by atoms with Crippen molar-refractivity contribution < 1.29 is 14.6 Å². The lowest BCUT2D eigenvalue weighted by molar-refractivity contribution is 0.0939. The fourth-order valence-electron chi connectivity index (χ4n) is 4.94. The van der Waals surface area contributed by atoms with Gasteiger partial charge in [-0.25, -0.2) is 0 Å². The Morgan fingerprint density at radius 2 is 1.91 bits per heavy atom. The van der Waals surface area contributed by atoms with Crippen molar-refractivity contribution in [3.05, 3.63) is 47.1 Å². The highest BCUT2D eigenvalue weighted by Gasteiger charge is 2.26. The summed E-state index contributed by atoms with van der Waals surface area (Å²) in [5.41, 5.74) is 4.23. The molecule has 0 bridgehead atoms. The fraction of sp³-hybridized carbons (Fsp3) is 0.429. The number of methoxy groups -OCH3 is 1. The van der Waals surface area contributed by atoms with Gasteiger partial charge in [0.05, 0.1) is 28.9 Å². The normalized spacial score (nSPS) is 14.8. The summed E-state index contributed by atoms with van der Waals surface area (Å²) in [4.78, 5) is 22.5. The van der Waals surface area contributed by atoms with E-state index in [1.54, 1.807) is 18.3 Å². The zero-order chi connectivity index (χ0) is 25.3. The van der Waals surface area contributed by atoms with Crippen LogP contribution in [0.1, 0.15) is 37.0 Å². The van der Waals surface area contributed by atoms with E-state index in [2.05, 4.69) is 34.9 Å². The number of benzene rings is 2. The molecule has 186 valence electrons. The maximum Gasteiger partial charge on any atom is 0.176 e. The van der Waals surface area contributed by atoms with Crippen molar-refractivity contribution in [2.24, 2.45) is 11.8 Å². The lowest BCUT2D eigenvalue weighted by Gasteiger charge is -2.36. The van der Waals surface area contributed by atoms with E-state index in [1.165, 1.54) is 7.11 Å². The molecule has 0 radical (unpaired) electrons. The topological polar surface area (TPSA) is 65.9 Å². The molecule has 1 fully saturated rings. The minimum atomic E-state index is -0.123. The number of aromatic hydroxyl groups is 1. The Morgan fingerprint density at radius 1 is 1.20 bits per heavy atom. The number of nitrogens with zero attached hydrogens (tertiary/aromatic N) is 3. The number of phenolic OH excluding ortho intramolecular Hbond substituents is 1. The summed E-state index contributed by atoms with van der Waals surface area (Å²) in [7, 11) is 5.74. The molecule has 1 aromatic heterocycles. The van der Waals surface area contributed by atoms with Gasteiger partial charge in [-0.05, 0) is 68.2 Å². The van der Waals surface area contributed by atoms with Crippen molar-refractivity contribution in [1.82, 2.24) is 9.88 Å². The van der Waals surface area contributed by atoms with Gasteiger partial charge >= 0.3 is 0 Å². The Hall–Kier alpha value is -2.83. The number of ether oxygens (including phenoxy) is 1. The molecule has 0 unspecified atom stereocenters. The third kappa shape index (κ3) is 5.24. The zero-order valence-electron chi connectivity index (χ0n) is 21.1. The number of hydrogen-bond donors (Lipinski definition) is 1. The van der Waals surface area contributed by atoms with Crippen LogP contribution in [0, 0.1) is 11.8 Å². The highest BCUT2D eigenvalue weighted by molar-refractivity contribution is 6.32. The Labute approximate surface area is 212 Å². The minimum Gasteiger partial charge on any atom is -0.503 e. The van der Waals surface area contributed by atoms with Crippen molar-refractivity contribution in [2.75, 3.05) is 45.7 Å². The number of phenols is 1. The quantitative estimate of drug-likeness (QED) is 0.412. The van der Waals surface area contributed by atoms with Crippen molar-refractivity contribution in [2.45, 2.75) is 26.7 Å². The summed E-state index contributed by atoms with van der Waals surface area (Å²) in [5.74, 6) is 0.872. The van der Waals surface area contributed by atoms with Crippen LogP contribution in [0.15, 0.2) is 36.5 Å². The van der Waals surface area contributed by atoms with E-state index in [-0.39, 0.29) is 22.5 Å². The van der Waals surface area contributed by atoms with Crippen molar-refractivity contribution in [3.8, 4) is 22.6 Å². The average molecular weight is 496 g/mol. The molecule has 0 amide bonds. The highest BCUT2D eigenvalue weighted by Crippen LogP contribution is 2.40. The molecule has 7 heteroatoms. The molecule has 0 spiro atoms. The first-order valence-corrected chi connectivity index (χ1v) is 12.5. The van der Waals surface area contributed by atoms with Crippen LogP contribution in [0.25, 0.3) is 22.0 Å². The molecule has 1 N–H and O–H groups in total. The number of piperidine rings is 1. The zero-order valence-corrected chi connectivity index (χ0v) is 21.9. The minimum absolute atomic E-state index is 0.0773. The molecular weight excluding hydrogens is 462 g/mol. The number of hydrogen-bond acceptors (Lipinski definition) is 6. The standard InChI is InChI=1S/C28H34ClN3O3/c1-17(2)27(33)22-15-30-24-7-6-19(20-13-23(29)28(34)25(14-20)35-5)12-21(24)26(22)32-10-8-18(9-11-32)16-31(3)4/h6-7,12-15,17-18,34H,8-11,16H2,1-5H3. The van der Waals surface area contributed by atoms with Crippen molar-refractivity contribution in [3.63, 3.8) is 0 Å². The fourth-order valence-corrected chi connectivity index (χ4v) is 5.15. The van der Waals surface area contributed by atoms with Gasteiger partial charge in [0.15, 0.2) is 17.3 Å². The van der Waals surface area contributed by atoms with E-state index in [1.807, 2.05) is 26.0 Å². The van der Waals surface area contributed by atoms with E-state index < -0.39 is 0 Å². The number of fused-ring (bicyclic) bond motifs is 1. The molecule has 0 aliphatic carbocycles. The maximum absolute atomic E-state index is 13.2. The Kier molecular flexibility index (Phi) is 7.53.